The lowest BCUT2D eigenvalue weighted by Gasteiger charge is -2.26. The number of likely N-dealkylation sites (N-methyl/N-ethyl adjacent to an activating group) is 1. The van der Waals surface area contributed by atoms with Crippen LogP contribution in [-0.2, 0) is 9.63 Å². The quantitative estimate of drug-likeness (QED) is 0.619. The average Bonchev–Trinajstić information content (AvgIpc) is 3.01. The van der Waals surface area contributed by atoms with Crippen LogP contribution in [0.3, 0.4) is 0 Å². The molecule has 0 N–H and O–H groups in total. The monoisotopic (exact) mass is 321 g/mol. The summed E-state index contributed by atoms with van der Waals surface area (Å²) in [6.07, 6.45) is 1.30. The molecule has 1 aliphatic heterocycles. The van der Waals surface area contributed by atoms with Crippen LogP contribution in [0.15, 0.2) is 18.2 Å². The van der Waals surface area contributed by atoms with Gasteiger partial charge in [0.05, 0.1) is 12.0 Å². The maximum Gasteiger partial charge on any atom is 0.272 e. The number of hydroxylamine groups is 2. The van der Waals surface area contributed by atoms with Gasteiger partial charge in [-0.1, -0.05) is 0 Å². The van der Waals surface area contributed by atoms with Crippen LogP contribution >= 0.6 is 0 Å². The molecule has 1 saturated heterocycles. The third-order valence-corrected chi connectivity index (χ3v) is 4.02. The molecule has 1 aromatic rings. The number of nitro groups is 1. The molecule has 2 rings (SSSR count). The van der Waals surface area contributed by atoms with Gasteiger partial charge in [0.2, 0.25) is 0 Å². The highest BCUT2D eigenvalue weighted by molar-refractivity contribution is 5.98. The van der Waals surface area contributed by atoms with Crippen LogP contribution < -0.4 is 0 Å². The Balaban J connectivity index is 2.24. The lowest BCUT2D eigenvalue weighted by atomic mass is 10.1. The second-order valence-electron chi connectivity index (χ2n) is 5.43. The molecule has 0 spiro atoms. The topological polar surface area (TPSA) is 93.0 Å². The number of hydrogen-bond donors (Lipinski definition) is 0. The Labute approximate surface area is 133 Å². The fourth-order valence-electron chi connectivity index (χ4n) is 2.73. The lowest BCUT2D eigenvalue weighted by molar-refractivity contribution is -0.385. The number of amides is 2. The summed E-state index contributed by atoms with van der Waals surface area (Å²) in [5.74, 6) is -0.583. The summed E-state index contributed by atoms with van der Waals surface area (Å²) in [6, 6.07) is 3.66. The van der Waals surface area contributed by atoms with E-state index < -0.39 is 11.0 Å². The normalized spacial score (nSPS) is 17.2. The summed E-state index contributed by atoms with van der Waals surface area (Å²) < 4.78 is 0. The van der Waals surface area contributed by atoms with Gasteiger partial charge in [-0.2, -0.15) is 0 Å². The molecule has 1 aliphatic rings. The summed E-state index contributed by atoms with van der Waals surface area (Å²) in [7, 11) is 2.89. The molecular formula is C15H19N3O5. The van der Waals surface area contributed by atoms with Gasteiger partial charge in [0.1, 0.15) is 6.04 Å². The van der Waals surface area contributed by atoms with Gasteiger partial charge in [0.25, 0.3) is 17.5 Å². The van der Waals surface area contributed by atoms with Gasteiger partial charge in [-0.05, 0) is 31.9 Å². The molecular weight excluding hydrogens is 302 g/mol. The van der Waals surface area contributed by atoms with Crippen molar-refractivity contribution in [2.24, 2.45) is 0 Å². The Hall–Kier alpha value is -2.48. The van der Waals surface area contributed by atoms with E-state index in [1.54, 1.807) is 6.92 Å². The number of nitrogens with zero attached hydrogens (tertiary/aromatic N) is 3. The second-order valence-corrected chi connectivity index (χ2v) is 5.43. The number of carbonyl (C=O) groups excluding carboxylic acids is 2. The SMILES string of the molecule is CON(C)C(=O)[C@@H]1CCCN1C(=O)c1ccc([N+](=O)[O-])c(C)c1. The van der Waals surface area contributed by atoms with Crippen LogP contribution in [-0.4, -0.2) is 53.4 Å². The summed E-state index contributed by atoms with van der Waals surface area (Å²) in [5.41, 5.74) is 0.722. The number of nitro benzene ring substituents is 1. The Morgan fingerprint density at radius 2 is 2.13 bits per heavy atom. The molecule has 23 heavy (non-hydrogen) atoms. The zero-order valence-electron chi connectivity index (χ0n) is 13.3. The van der Waals surface area contributed by atoms with E-state index in [1.807, 2.05) is 0 Å². The van der Waals surface area contributed by atoms with Gasteiger partial charge in [0.15, 0.2) is 0 Å². The number of aryl methyl sites for hydroxylation is 1. The first-order valence-corrected chi connectivity index (χ1v) is 7.24. The van der Waals surface area contributed by atoms with Gasteiger partial charge in [-0.15, -0.1) is 0 Å². The van der Waals surface area contributed by atoms with Crippen LogP contribution in [0.4, 0.5) is 5.69 Å². The molecule has 1 heterocycles. The fourth-order valence-corrected chi connectivity index (χ4v) is 2.73. The average molecular weight is 321 g/mol. The molecule has 0 radical (unpaired) electrons. The van der Waals surface area contributed by atoms with Crippen molar-refractivity contribution >= 4 is 17.5 Å². The standard InChI is InChI=1S/C15H19N3O5/c1-10-9-11(6-7-12(10)18(21)22)14(19)17-8-4-5-13(17)15(20)16(2)23-3/h6-7,9,13H,4-5,8H2,1-3H3/t13-/m0/s1. The van der Waals surface area contributed by atoms with Crippen molar-refractivity contribution < 1.29 is 19.3 Å². The van der Waals surface area contributed by atoms with Gasteiger partial charge in [0, 0.05) is 30.8 Å². The maximum absolute atomic E-state index is 12.7. The van der Waals surface area contributed by atoms with Crippen molar-refractivity contribution in [3.8, 4) is 0 Å². The first kappa shape index (κ1) is 16.9. The fraction of sp³-hybridized carbons (Fsp3) is 0.467. The number of likely N-dealkylation sites (tertiary alicyclic amines) is 1. The molecule has 124 valence electrons. The summed E-state index contributed by atoms with van der Waals surface area (Å²) >= 11 is 0. The Morgan fingerprint density at radius 1 is 1.43 bits per heavy atom. The summed E-state index contributed by atoms with van der Waals surface area (Å²) in [5, 5.41) is 12.0. The van der Waals surface area contributed by atoms with Gasteiger partial charge in [-0.3, -0.25) is 24.5 Å². The minimum Gasteiger partial charge on any atom is -0.327 e. The van der Waals surface area contributed by atoms with E-state index in [0.29, 0.717) is 24.1 Å². The van der Waals surface area contributed by atoms with Crippen molar-refractivity contribution in [2.45, 2.75) is 25.8 Å². The highest BCUT2D eigenvalue weighted by Crippen LogP contribution is 2.24. The molecule has 2 amide bonds. The van der Waals surface area contributed by atoms with Gasteiger partial charge in [-0.25, -0.2) is 5.06 Å². The minimum absolute atomic E-state index is 0.0327. The lowest BCUT2D eigenvalue weighted by Crippen LogP contribution is -2.46. The number of hydrogen-bond acceptors (Lipinski definition) is 5. The molecule has 0 saturated carbocycles. The Bertz CT molecular complexity index is 646. The highest BCUT2D eigenvalue weighted by Gasteiger charge is 2.36. The van der Waals surface area contributed by atoms with Crippen molar-refractivity contribution in [3.63, 3.8) is 0 Å². The van der Waals surface area contributed by atoms with E-state index in [0.717, 1.165) is 11.5 Å². The van der Waals surface area contributed by atoms with Crippen LogP contribution in [0.2, 0.25) is 0 Å². The summed E-state index contributed by atoms with van der Waals surface area (Å²) in [6.45, 7) is 2.06. The number of benzene rings is 1. The molecule has 0 bridgehead atoms. The Kier molecular flexibility index (Phi) is 4.95. The van der Waals surface area contributed by atoms with E-state index in [-0.39, 0.29) is 17.5 Å². The van der Waals surface area contributed by atoms with E-state index in [9.17, 15) is 19.7 Å². The molecule has 1 atom stereocenters. The van der Waals surface area contributed by atoms with Crippen LogP contribution in [0, 0.1) is 17.0 Å². The first-order chi connectivity index (χ1) is 10.9. The molecule has 1 aromatic carbocycles. The predicted octanol–water partition coefficient (Wildman–Crippen LogP) is 1.53. The smallest absolute Gasteiger partial charge is 0.272 e. The molecule has 0 aromatic heterocycles. The summed E-state index contributed by atoms with van der Waals surface area (Å²) in [4.78, 5) is 41.7. The third-order valence-electron chi connectivity index (χ3n) is 4.02. The third kappa shape index (κ3) is 3.31. The number of rotatable bonds is 4. The van der Waals surface area contributed by atoms with Crippen molar-refractivity contribution in [3.05, 3.63) is 39.4 Å². The van der Waals surface area contributed by atoms with Crippen molar-refractivity contribution in [1.29, 1.82) is 0 Å². The number of carbonyl (C=O) groups is 2. The van der Waals surface area contributed by atoms with E-state index in [2.05, 4.69) is 0 Å². The second kappa shape index (κ2) is 6.74. The predicted molar refractivity (Wildman–Crippen MR) is 81.7 cm³/mol. The largest absolute Gasteiger partial charge is 0.327 e. The van der Waals surface area contributed by atoms with E-state index >= 15 is 0 Å². The van der Waals surface area contributed by atoms with Crippen LogP contribution in [0.5, 0.6) is 0 Å². The zero-order chi connectivity index (χ0) is 17.1. The maximum atomic E-state index is 12.7. The van der Waals surface area contributed by atoms with E-state index in [4.69, 9.17) is 4.84 Å². The van der Waals surface area contributed by atoms with Crippen LogP contribution in [0.1, 0.15) is 28.8 Å². The van der Waals surface area contributed by atoms with Crippen molar-refractivity contribution in [1.82, 2.24) is 9.96 Å². The van der Waals surface area contributed by atoms with Crippen molar-refractivity contribution in [2.75, 3.05) is 20.7 Å². The highest BCUT2D eigenvalue weighted by atomic mass is 16.7. The minimum atomic E-state index is -0.567. The molecule has 1 fully saturated rings. The van der Waals surface area contributed by atoms with Gasteiger partial charge < -0.3 is 4.90 Å². The molecule has 0 unspecified atom stereocenters. The van der Waals surface area contributed by atoms with Gasteiger partial charge >= 0.3 is 0 Å². The first-order valence-electron chi connectivity index (χ1n) is 7.24. The van der Waals surface area contributed by atoms with E-state index in [1.165, 1.54) is 37.3 Å². The molecule has 8 nitrogen and oxygen atoms in total. The van der Waals surface area contributed by atoms with Crippen LogP contribution in [0.25, 0.3) is 0 Å². The zero-order valence-corrected chi connectivity index (χ0v) is 13.3. The molecule has 0 aliphatic carbocycles. The molecule has 8 heteroatoms. The Morgan fingerprint density at radius 3 is 2.70 bits per heavy atom.